The zero-order chi connectivity index (χ0) is 15.2. The van der Waals surface area contributed by atoms with E-state index in [1.54, 1.807) is 23.5 Å². The molecule has 0 bridgehead atoms. The fourth-order valence-corrected chi connectivity index (χ4v) is 2.80. The lowest BCUT2D eigenvalue weighted by atomic mass is 10.2. The molecule has 0 aliphatic rings. The van der Waals surface area contributed by atoms with Crippen LogP contribution in [-0.2, 0) is 13.0 Å². The number of ether oxygens (including phenoxy) is 1. The standard InChI is InChI=1S/C15H18F2N2OS/c1-11-14(21-10-18-11)7-8-19(2)9-12-3-5-13(6-4-12)20-15(16)17/h3-6,10,15H,7-9H2,1-2H3. The van der Waals surface area contributed by atoms with Crippen molar-refractivity contribution in [3.05, 3.63) is 45.9 Å². The van der Waals surface area contributed by atoms with E-state index in [1.807, 2.05) is 31.6 Å². The van der Waals surface area contributed by atoms with E-state index >= 15 is 0 Å². The van der Waals surface area contributed by atoms with Crippen LogP contribution in [0.25, 0.3) is 0 Å². The number of aryl methyl sites for hydroxylation is 1. The van der Waals surface area contributed by atoms with Crippen LogP contribution < -0.4 is 4.74 Å². The number of halogens is 2. The first-order chi connectivity index (χ1) is 10.0. The quantitative estimate of drug-likeness (QED) is 0.779. The summed E-state index contributed by atoms with van der Waals surface area (Å²) in [5.74, 6) is 0.191. The molecule has 0 radical (unpaired) electrons. The van der Waals surface area contributed by atoms with Gasteiger partial charge in [-0.3, -0.25) is 0 Å². The first kappa shape index (κ1) is 15.9. The number of nitrogens with zero attached hydrogens (tertiary/aromatic N) is 2. The molecule has 21 heavy (non-hydrogen) atoms. The van der Waals surface area contributed by atoms with E-state index in [1.165, 1.54) is 4.88 Å². The van der Waals surface area contributed by atoms with E-state index in [0.717, 1.165) is 30.8 Å². The number of rotatable bonds is 7. The van der Waals surface area contributed by atoms with Crippen LogP contribution in [0, 0.1) is 6.92 Å². The molecule has 2 aromatic rings. The minimum atomic E-state index is -2.78. The van der Waals surface area contributed by atoms with Gasteiger partial charge in [0.25, 0.3) is 0 Å². The molecular weight excluding hydrogens is 294 g/mol. The molecule has 1 aromatic heterocycles. The number of hydrogen-bond acceptors (Lipinski definition) is 4. The fourth-order valence-electron chi connectivity index (χ4n) is 2.03. The Kier molecular flexibility index (Phi) is 5.64. The lowest BCUT2D eigenvalue weighted by Gasteiger charge is -2.16. The lowest BCUT2D eigenvalue weighted by molar-refractivity contribution is -0.0498. The second-order valence-electron chi connectivity index (χ2n) is 4.87. The monoisotopic (exact) mass is 312 g/mol. The third-order valence-corrected chi connectivity index (χ3v) is 4.16. The van der Waals surface area contributed by atoms with Crippen LogP contribution in [0.3, 0.4) is 0 Å². The molecule has 3 nitrogen and oxygen atoms in total. The summed E-state index contributed by atoms with van der Waals surface area (Å²) in [5, 5.41) is 0. The molecule has 0 amide bonds. The highest BCUT2D eigenvalue weighted by Gasteiger charge is 2.06. The van der Waals surface area contributed by atoms with Crippen molar-refractivity contribution in [1.29, 1.82) is 0 Å². The molecule has 114 valence electrons. The van der Waals surface area contributed by atoms with Crippen LogP contribution in [0.1, 0.15) is 16.1 Å². The summed E-state index contributed by atoms with van der Waals surface area (Å²) < 4.78 is 28.5. The maximum absolute atomic E-state index is 12.1. The topological polar surface area (TPSA) is 25.4 Å². The molecule has 1 aromatic carbocycles. The molecule has 0 unspecified atom stereocenters. The van der Waals surface area contributed by atoms with Crippen molar-refractivity contribution >= 4 is 11.3 Å². The van der Waals surface area contributed by atoms with Crippen molar-refractivity contribution < 1.29 is 13.5 Å². The maximum atomic E-state index is 12.1. The molecule has 2 rings (SSSR count). The van der Waals surface area contributed by atoms with Crippen molar-refractivity contribution in [1.82, 2.24) is 9.88 Å². The average molecular weight is 312 g/mol. The number of likely N-dealkylation sites (N-methyl/N-ethyl adjacent to an activating group) is 1. The largest absolute Gasteiger partial charge is 0.435 e. The van der Waals surface area contributed by atoms with Crippen molar-refractivity contribution in [2.75, 3.05) is 13.6 Å². The Bertz CT molecular complexity index is 557. The molecule has 0 N–H and O–H groups in total. The Labute approximate surface area is 127 Å². The molecular formula is C15H18F2N2OS. The smallest absolute Gasteiger partial charge is 0.387 e. The Balaban J connectivity index is 1.82. The van der Waals surface area contributed by atoms with Gasteiger partial charge in [-0.2, -0.15) is 8.78 Å². The second kappa shape index (κ2) is 7.47. The zero-order valence-electron chi connectivity index (χ0n) is 12.1. The Morgan fingerprint density at radius 1 is 1.29 bits per heavy atom. The van der Waals surface area contributed by atoms with Crippen LogP contribution in [0.15, 0.2) is 29.8 Å². The fraction of sp³-hybridized carbons (Fsp3) is 0.400. The minimum Gasteiger partial charge on any atom is -0.435 e. The average Bonchev–Trinajstić information content (AvgIpc) is 2.84. The van der Waals surface area contributed by atoms with Crippen molar-refractivity contribution in [3.8, 4) is 5.75 Å². The van der Waals surface area contributed by atoms with Gasteiger partial charge in [-0.25, -0.2) is 4.98 Å². The molecule has 1 heterocycles. The minimum absolute atomic E-state index is 0.191. The van der Waals surface area contributed by atoms with Gasteiger partial charge < -0.3 is 9.64 Å². The Hall–Kier alpha value is -1.53. The van der Waals surface area contributed by atoms with Crippen molar-refractivity contribution in [3.63, 3.8) is 0 Å². The van der Waals surface area contributed by atoms with Gasteiger partial charge in [-0.05, 0) is 38.1 Å². The van der Waals surface area contributed by atoms with Gasteiger partial charge in [-0.15, -0.1) is 11.3 Å². The van der Waals surface area contributed by atoms with Crippen molar-refractivity contribution in [2.45, 2.75) is 26.5 Å². The molecule has 0 fully saturated rings. The summed E-state index contributed by atoms with van der Waals surface area (Å²) in [7, 11) is 2.04. The van der Waals surface area contributed by atoms with Crippen molar-refractivity contribution in [2.24, 2.45) is 0 Å². The van der Waals surface area contributed by atoms with E-state index in [2.05, 4.69) is 14.6 Å². The second-order valence-corrected chi connectivity index (χ2v) is 5.81. The number of hydrogen-bond donors (Lipinski definition) is 0. The summed E-state index contributed by atoms with van der Waals surface area (Å²) in [5.41, 5.74) is 4.04. The van der Waals surface area contributed by atoms with Crippen LogP contribution in [0.5, 0.6) is 5.75 Å². The summed E-state index contributed by atoms with van der Waals surface area (Å²) in [6, 6.07) is 6.77. The molecule has 0 atom stereocenters. The lowest BCUT2D eigenvalue weighted by Crippen LogP contribution is -2.20. The number of benzene rings is 1. The predicted molar refractivity (Wildman–Crippen MR) is 80.0 cm³/mol. The van der Waals surface area contributed by atoms with Gasteiger partial charge in [-0.1, -0.05) is 12.1 Å². The predicted octanol–water partition coefficient (Wildman–Crippen LogP) is 3.73. The Morgan fingerprint density at radius 3 is 2.57 bits per heavy atom. The van der Waals surface area contributed by atoms with E-state index in [4.69, 9.17) is 0 Å². The van der Waals surface area contributed by atoms with E-state index in [-0.39, 0.29) is 5.75 Å². The number of alkyl halides is 2. The third-order valence-electron chi connectivity index (χ3n) is 3.17. The highest BCUT2D eigenvalue weighted by molar-refractivity contribution is 7.09. The number of aromatic nitrogens is 1. The third kappa shape index (κ3) is 5.06. The SMILES string of the molecule is Cc1ncsc1CCN(C)Cc1ccc(OC(F)F)cc1. The molecule has 0 saturated carbocycles. The van der Waals surface area contributed by atoms with Gasteiger partial charge in [0, 0.05) is 18.0 Å². The molecule has 6 heteroatoms. The molecule has 0 saturated heterocycles. The van der Waals surface area contributed by atoms with E-state index in [0.29, 0.717) is 0 Å². The first-order valence-corrected chi connectivity index (χ1v) is 7.54. The van der Waals surface area contributed by atoms with Crippen LogP contribution in [-0.4, -0.2) is 30.1 Å². The van der Waals surface area contributed by atoms with E-state index < -0.39 is 6.61 Å². The normalized spacial score (nSPS) is 11.3. The highest BCUT2D eigenvalue weighted by atomic mass is 32.1. The van der Waals surface area contributed by atoms with Crippen LogP contribution in [0.4, 0.5) is 8.78 Å². The summed E-state index contributed by atoms with van der Waals surface area (Å²) in [4.78, 5) is 7.74. The van der Waals surface area contributed by atoms with Crippen LogP contribution in [0.2, 0.25) is 0 Å². The maximum Gasteiger partial charge on any atom is 0.387 e. The summed E-state index contributed by atoms with van der Waals surface area (Å²) in [6.45, 7) is 0.944. The van der Waals surface area contributed by atoms with Gasteiger partial charge >= 0.3 is 6.61 Å². The number of thiazole rings is 1. The Morgan fingerprint density at radius 2 is 2.00 bits per heavy atom. The summed E-state index contributed by atoms with van der Waals surface area (Å²) >= 11 is 1.68. The molecule has 0 aliphatic carbocycles. The molecule has 0 spiro atoms. The molecule has 0 aliphatic heterocycles. The van der Waals surface area contributed by atoms with E-state index in [9.17, 15) is 8.78 Å². The summed E-state index contributed by atoms with van der Waals surface area (Å²) in [6.07, 6.45) is 0.972. The first-order valence-electron chi connectivity index (χ1n) is 6.66. The zero-order valence-corrected chi connectivity index (χ0v) is 12.9. The van der Waals surface area contributed by atoms with Crippen LogP contribution >= 0.6 is 11.3 Å². The highest BCUT2D eigenvalue weighted by Crippen LogP contribution is 2.17. The van der Waals surface area contributed by atoms with Gasteiger partial charge in [0.05, 0.1) is 11.2 Å². The van der Waals surface area contributed by atoms with Gasteiger partial charge in [0.15, 0.2) is 0 Å². The van der Waals surface area contributed by atoms with Gasteiger partial charge in [0.2, 0.25) is 0 Å². The van der Waals surface area contributed by atoms with Gasteiger partial charge in [0.1, 0.15) is 5.75 Å².